The first-order valence-electron chi connectivity index (χ1n) is 6.40. The van der Waals surface area contributed by atoms with Crippen molar-refractivity contribution in [2.75, 3.05) is 20.3 Å². The molecule has 1 aromatic rings. The van der Waals surface area contributed by atoms with E-state index in [1.807, 2.05) is 12.1 Å². The topological polar surface area (TPSA) is 71.5 Å². The number of aromatic nitrogens is 1. The Morgan fingerprint density at radius 3 is 3.00 bits per heavy atom. The Morgan fingerprint density at radius 1 is 1.58 bits per heavy atom. The van der Waals surface area contributed by atoms with Crippen LogP contribution in [0, 0.1) is 0 Å². The molecule has 1 unspecified atom stereocenters. The van der Waals surface area contributed by atoms with Crippen molar-refractivity contribution in [2.45, 2.75) is 31.8 Å². The highest BCUT2D eigenvalue weighted by atomic mass is 16.5. The minimum absolute atomic E-state index is 0.0680. The molecule has 0 saturated carbocycles. The van der Waals surface area contributed by atoms with Gasteiger partial charge >= 0.3 is 0 Å². The van der Waals surface area contributed by atoms with E-state index in [1.54, 1.807) is 26.4 Å². The van der Waals surface area contributed by atoms with Crippen LogP contribution in [0.5, 0.6) is 0 Å². The minimum Gasteiger partial charge on any atom is -0.388 e. The smallest absolute Gasteiger partial charge is 0.220 e. The largest absolute Gasteiger partial charge is 0.388 e. The Balaban J connectivity index is 2.24. The van der Waals surface area contributed by atoms with E-state index in [1.165, 1.54) is 0 Å². The monoisotopic (exact) mass is 266 g/mol. The van der Waals surface area contributed by atoms with Gasteiger partial charge in [0.2, 0.25) is 5.91 Å². The average Bonchev–Trinajstić information content (AvgIpc) is 2.42. The number of carbonyl (C=O) groups excluding carboxylic acids is 1. The molecule has 1 atom stereocenters. The molecule has 5 heteroatoms. The summed E-state index contributed by atoms with van der Waals surface area (Å²) in [5.74, 6) is -0.0680. The molecular formula is C14H22N2O3. The van der Waals surface area contributed by atoms with Crippen molar-refractivity contribution in [2.24, 2.45) is 0 Å². The number of hydrogen-bond acceptors (Lipinski definition) is 4. The van der Waals surface area contributed by atoms with E-state index < -0.39 is 5.60 Å². The summed E-state index contributed by atoms with van der Waals surface area (Å²) in [7, 11) is 1.59. The van der Waals surface area contributed by atoms with E-state index in [9.17, 15) is 9.90 Å². The molecule has 0 aliphatic carbocycles. The van der Waals surface area contributed by atoms with Crippen LogP contribution in [0.1, 0.15) is 25.3 Å². The molecule has 1 rings (SSSR count). The van der Waals surface area contributed by atoms with Crippen molar-refractivity contribution < 1.29 is 14.6 Å². The number of methoxy groups -OCH3 is 1. The first-order valence-corrected chi connectivity index (χ1v) is 6.40. The number of amides is 1. The van der Waals surface area contributed by atoms with Crippen LogP contribution in [0.4, 0.5) is 0 Å². The normalized spacial score (nSPS) is 13.8. The molecule has 0 aromatic carbocycles. The summed E-state index contributed by atoms with van der Waals surface area (Å²) in [4.78, 5) is 15.7. The van der Waals surface area contributed by atoms with Gasteiger partial charge in [-0.05, 0) is 25.0 Å². The molecule has 2 N–H and O–H groups in total. The Bertz CT molecular complexity index is 380. The first-order chi connectivity index (χ1) is 9.03. The van der Waals surface area contributed by atoms with Gasteiger partial charge in [-0.3, -0.25) is 9.78 Å². The van der Waals surface area contributed by atoms with Gasteiger partial charge in [-0.2, -0.15) is 0 Å². The predicted molar refractivity (Wildman–Crippen MR) is 72.7 cm³/mol. The fourth-order valence-electron chi connectivity index (χ4n) is 1.59. The number of ether oxygens (including phenoxy) is 1. The summed E-state index contributed by atoms with van der Waals surface area (Å²) in [6, 6.07) is 3.79. The third kappa shape index (κ3) is 6.88. The van der Waals surface area contributed by atoms with Gasteiger partial charge in [0.1, 0.15) is 0 Å². The highest BCUT2D eigenvalue weighted by Gasteiger charge is 2.20. The SMILES string of the molecule is COCCC(C)(O)CNC(=O)CCc1cccnc1. The Hall–Kier alpha value is -1.46. The van der Waals surface area contributed by atoms with Crippen LogP contribution in [0.25, 0.3) is 0 Å². The molecule has 19 heavy (non-hydrogen) atoms. The second-order valence-corrected chi connectivity index (χ2v) is 4.88. The van der Waals surface area contributed by atoms with Crippen molar-refractivity contribution in [3.05, 3.63) is 30.1 Å². The molecule has 0 aliphatic heterocycles. The summed E-state index contributed by atoms with van der Waals surface area (Å²) >= 11 is 0. The van der Waals surface area contributed by atoms with Gasteiger partial charge in [0.15, 0.2) is 0 Å². The molecule has 1 aromatic heterocycles. The van der Waals surface area contributed by atoms with E-state index >= 15 is 0 Å². The van der Waals surface area contributed by atoms with Gasteiger partial charge in [0.25, 0.3) is 0 Å². The van der Waals surface area contributed by atoms with Gasteiger partial charge in [0, 0.05) is 45.5 Å². The summed E-state index contributed by atoms with van der Waals surface area (Å²) < 4.78 is 4.91. The molecule has 106 valence electrons. The third-order valence-electron chi connectivity index (χ3n) is 2.87. The van der Waals surface area contributed by atoms with Crippen LogP contribution < -0.4 is 5.32 Å². The molecule has 0 bridgehead atoms. The number of carbonyl (C=O) groups is 1. The van der Waals surface area contributed by atoms with Gasteiger partial charge in [0.05, 0.1) is 5.60 Å². The molecule has 1 heterocycles. The van der Waals surface area contributed by atoms with Crippen molar-refractivity contribution >= 4 is 5.91 Å². The number of nitrogens with zero attached hydrogens (tertiary/aromatic N) is 1. The molecule has 0 aliphatic rings. The van der Waals surface area contributed by atoms with Gasteiger partial charge in [-0.25, -0.2) is 0 Å². The Kier molecular flexibility index (Phi) is 6.45. The lowest BCUT2D eigenvalue weighted by Crippen LogP contribution is -2.41. The molecule has 0 spiro atoms. The lowest BCUT2D eigenvalue weighted by Gasteiger charge is -2.23. The summed E-state index contributed by atoms with van der Waals surface area (Å²) in [6.45, 7) is 2.40. The number of aryl methyl sites for hydroxylation is 1. The zero-order chi connectivity index (χ0) is 14.1. The average molecular weight is 266 g/mol. The van der Waals surface area contributed by atoms with E-state index in [2.05, 4.69) is 10.3 Å². The predicted octanol–water partition coefficient (Wildman–Crippen LogP) is 0.918. The lowest BCUT2D eigenvalue weighted by atomic mass is 10.0. The Labute approximate surface area is 114 Å². The highest BCUT2D eigenvalue weighted by Crippen LogP contribution is 2.08. The van der Waals surface area contributed by atoms with E-state index in [-0.39, 0.29) is 12.5 Å². The summed E-state index contributed by atoms with van der Waals surface area (Å²) in [6.07, 6.45) is 5.00. The molecule has 0 radical (unpaired) electrons. The maximum atomic E-state index is 11.7. The van der Waals surface area contributed by atoms with Crippen LogP contribution in [0.3, 0.4) is 0 Å². The number of rotatable bonds is 8. The van der Waals surface area contributed by atoms with Crippen LogP contribution in [0.15, 0.2) is 24.5 Å². The molecule has 0 saturated heterocycles. The fraction of sp³-hybridized carbons (Fsp3) is 0.571. The molecular weight excluding hydrogens is 244 g/mol. The number of nitrogens with one attached hydrogen (secondary N) is 1. The quantitative estimate of drug-likeness (QED) is 0.734. The second kappa shape index (κ2) is 7.86. The van der Waals surface area contributed by atoms with E-state index in [0.29, 0.717) is 25.9 Å². The number of aliphatic hydroxyl groups is 1. The summed E-state index contributed by atoms with van der Waals surface area (Å²) in [5, 5.41) is 12.7. The maximum absolute atomic E-state index is 11.7. The van der Waals surface area contributed by atoms with Crippen LogP contribution in [-0.4, -0.2) is 41.9 Å². The Morgan fingerprint density at radius 2 is 2.37 bits per heavy atom. The highest BCUT2D eigenvalue weighted by molar-refractivity contribution is 5.76. The molecule has 1 amide bonds. The lowest BCUT2D eigenvalue weighted by molar-refractivity contribution is -0.122. The van der Waals surface area contributed by atoms with Crippen molar-refractivity contribution in [1.82, 2.24) is 10.3 Å². The third-order valence-corrected chi connectivity index (χ3v) is 2.87. The van der Waals surface area contributed by atoms with Crippen molar-refractivity contribution in [1.29, 1.82) is 0 Å². The fourth-order valence-corrected chi connectivity index (χ4v) is 1.59. The maximum Gasteiger partial charge on any atom is 0.220 e. The zero-order valence-electron chi connectivity index (χ0n) is 11.6. The molecule has 5 nitrogen and oxygen atoms in total. The van der Waals surface area contributed by atoms with Gasteiger partial charge in [-0.15, -0.1) is 0 Å². The van der Waals surface area contributed by atoms with Crippen LogP contribution >= 0.6 is 0 Å². The number of hydrogen-bond donors (Lipinski definition) is 2. The molecule has 0 fully saturated rings. The zero-order valence-corrected chi connectivity index (χ0v) is 11.6. The standard InChI is InChI=1S/C14H22N2O3/c1-14(18,7-9-19-2)11-16-13(17)6-5-12-4-3-8-15-10-12/h3-4,8,10,18H,5-7,9,11H2,1-2H3,(H,16,17). The second-order valence-electron chi connectivity index (χ2n) is 4.88. The summed E-state index contributed by atoms with van der Waals surface area (Å²) in [5.41, 5.74) is 0.101. The number of pyridine rings is 1. The van der Waals surface area contributed by atoms with E-state index in [4.69, 9.17) is 4.74 Å². The van der Waals surface area contributed by atoms with Crippen molar-refractivity contribution in [3.63, 3.8) is 0 Å². The van der Waals surface area contributed by atoms with E-state index in [0.717, 1.165) is 5.56 Å². The van der Waals surface area contributed by atoms with Gasteiger partial charge < -0.3 is 15.2 Å². The van der Waals surface area contributed by atoms with Crippen LogP contribution in [-0.2, 0) is 16.0 Å². The first kappa shape index (κ1) is 15.6. The minimum atomic E-state index is -0.931. The van der Waals surface area contributed by atoms with Gasteiger partial charge in [-0.1, -0.05) is 6.07 Å². The van der Waals surface area contributed by atoms with Crippen LogP contribution in [0.2, 0.25) is 0 Å². The van der Waals surface area contributed by atoms with Crippen molar-refractivity contribution in [3.8, 4) is 0 Å².